The van der Waals surface area contributed by atoms with Gasteiger partial charge in [-0.3, -0.25) is 4.79 Å². The monoisotopic (exact) mass is 175 g/mol. The van der Waals surface area contributed by atoms with Crippen molar-refractivity contribution >= 4 is 18.3 Å². The Morgan fingerprint density at radius 2 is 1.69 bits per heavy atom. The summed E-state index contributed by atoms with van der Waals surface area (Å²) < 4.78 is 0. The molecule has 0 amide bonds. The van der Waals surface area contributed by atoms with Crippen LogP contribution in [-0.4, -0.2) is 12.3 Å². The molecule has 3 heteroatoms. The van der Waals surface area contributed by atoms with Crippen molar-refractivity contribution in [1.82, 2.24) is 0 Å². The Kier molecular flexibility index (Phi) is 2.97. The van der Waals surface area contributed by atoms with Gasteiger partial charge in [-0.1, -0.05) is 30.3 Å². The van der Waals surface area contributed by atoms with Crippen LogP contribution in [0.15, 0.2) is 30.3 Å². The van der Waals surface area contributed by atoms with E-state index in [2.05, 4.69) is 0 Å². The molecule has 0 aromatic heterocycles. The standard InChI is InChI=1S/C10H8O3/c11-7-9-3-1-8(2-4-9)5-6-10(12)13/h1-7H,(H,12,13)/p-1/b6-5+. The first kappa shape index (κ1) is 9.19. The first-order valence-corrected chi connectivity index (χ1v) is 3.66. The molecular formula is C10H7O3-. The number of hydrogen-bond acceptors (Lipinski definition) is 3. The van der Waals surface area contributed by atoms with Crippen LogP contribution in [0.3, 0.4) is 0 Å². The second-order valence-corrected chi connectivity index (χ2v) is 2.44. The van der Waals surface area contributed by atoms with Crippen molar-refractivity contribution in [2.45, 2.75) is 0 Å². The molecule has 0 spiro atoms. The molecule has 0 aliphatic carbocycles. The predicted octanol–water partition coefficient (Wildman–Crippen LogP) is 0.262. The molecule has 0 unspecified atom stereocenters. The van der Waals surface area contributed by atoms with Gasteiger partial charge in [0.2, 0.25) is 0 Å². The highest BCUT2D eigenvalue weighted by atomic mass is 16.4. The van der Waals surface area contributed by atoms with Crippen LogP contribution >= 0.6 is 0 Å². The molecule has 0 bridgehead atoms. The Hall–Kier alpha value is -1.90. The van der Waals surface area contributed by atoms with Gasteiger partial charge < -0.3 is 9.90 Å². The van der Waals surface area contributed by atoms with Gasteiger partial charge in [-0.25, -0.2) is 0 Å². The molecule has 0 N–H and O–H groups in total. The van der Waals surface area contributed by atoms with Crippen molar-refractivity contribution in [2.24, 2.45) is 0 Å². The highest BCUT2D eigenvalue weighted by molar-refractivity contribution is 5.83. The van der Waals surface area contributed by atoms with Gasteiger partial charge in [0.25, 0.3) is 0 Å². The number of benzene rings is 1. The Morgan fingerprint density at radius 1 is 1.15 bits per heavy atom. The van der Waals surface area contributed by atoms with E-state index >= 15 is 0 Å². The van der Waals surface area contributed by atoms with E-state index in [4.69, 9.17) is 0 Å². The third-order valence-corrected chi connectivity index (χ3v) is 1.48. The van der Waals surface area contributed by atoms with Gasteiger partial charge in [-0.05, 0) is 11.6 Å². The van der Waals surface area contributed by atoms with Gasteiger partial charge in [-0.2, -0.15) is 0 Å². The summed E-state index contributed by atoms with van der Waals surface area (Å²) >= 11 is 0. The Balaban J connectivity index is 2.80. The summed E-state index contributed by atoms with van der Waals surface area (Å²) in [6.45, 7) is 0. The van der Waals surface area contributed by atoms with Crippen LogP contribution in [-0.2, 0) is 4.79 Å². The zero-order valence-corrected chi connectivity index (χ0v) is 6.77. The molecule has 0 aliphatic heterocycles. The van der Waals surface area contributed by atoms with E-state index < -0.39 is 5.97 Å². The van der Waals surface area contributed by atoms with Crippen LogP contribution in [0.5, 0.6) is 0 Å². The Bertz CT molecular complexity index is 336. The maximum atomic E-state index is 10.3. The summed E-state index contributed by atoms with van der Waals surface area (Å²) in [5.41, 5.74) is 1.28. The van der Waals surface area contributed by atoms with Gasteiger partial charge in [0, 0.05) is 5.56 Å². The SMILES string of the molecule is O=Cc1ccc(/C=C/C(=O)[O-])cc1. The van der Waals surface area contributed by atoms with Crippen LogP contribution in [0.1, 0.15) is 15.9 Å². The van der Waals surface area contributed by atoms with E-state index in [0.717, 1.165) is 17.9 Å². The lowest BCUT2D eigenvalue weighted by molar-refractivity contribution is -0.297. The number of carboxylic acids is 1. The average Bonchev–Trinajstić information content (AvgIpc) is 2.15. The molecular weight excluding hydrogens is 168 g/mol. The summed E-state index contributed by atoms with van der Waals surface area (Å²) in [7, 11) is 0. The molecule has 0 atom stereocenters. The second-order valence-electron chi connectivity index (χ2n) is 2.44. The average molecular weight is 175 g/mol. The number of aldehydes is 1. The zero-order chi connectivity index (χ0) is 9.68. The molecule has 0 fully saturated rings. The highest BCUT2D eigenvalue weighted by Gasteiger charge is 1.88. The normalized spacial score (nSPS) is 10.2. The molecule has 0 saturated heterocycles. The van der Waals surface area contributed by atoms with Crippen molar-refractivity contribution in [3.05, 3.63) is 41.5 Å². The minimum Gasteiger partial charge on any atom is -0.545 e. The minimum absolute atomic E-state index is 0.561. The Morgan fingerprint density at radius 3 is 2.15 bits per heavy atom. The van der Waals surface area contributed by atoms with Crippen LogP contribution < -0.4 is 5.11 Å². The summed E-state index contributed by atoms with van der Waals surface area (Å²) in [5, 5.41) is 10.0. The molecule has 3 nitrogen and oxygen atoms in total. The first-order valence-electron chi connectivity index (χ1n) is 3.66. The van der Waals surface area contributed by atoms with Gasteiger partial charge in [-0.15, -0.1) is 0 Å². The first-order chi connectivity index (χ1) is 6.22. The van der Waals surface area contributed by atoms with E-state index in [9.17, 15) is 14.7 Å². The van der Waals surface area contributed by atoms with E-state index in [-0.39, 0.29) is 0 Å². The molecule has 1 rings (SSSR count). The fourth-order valence-corrected chi connectivity index (χ4v) is 0.850. The van der Waals surface area contributed by atoms with Crippen molar-refractivity contribution in [3.8, 4) is 0 Å². The van der Waals surface area contributed by atoms with Crippen molar-refractivity contribution < 1.29 is 14.7 Å². The predicted molar refractivity (Wildman–Crippen MR) is 45.9 cm³/mol. The number of hydrogen-bond donors (Lipinski definition) is 0. The number of carbonyl (C=O) groups excluding carboxylic acids is 2. The largest absolute Gasteiger partial charge is 0.545 e. The maximum absolute atomic E-state index is 10.3. The molecule has 1 aromatic rings. The van der Waals surface area contributed by atoms with Gasteiger partial charge in [0.15, 0.2) is 0 Å². The molecule has 1 aromatic carbocycles. The van der Waals surface area contributed by atoms with E-state index in [0.29, 0.717) is 5.56 Å². The van der Waals surface area contributed by atoms with Gasteiger partial charge in [0.05, 0.1) is 5.97 Å². The fourth-order valence-electron chi connectivity index (χ4n) is 0.850. The number of carbonyl (C=O) groups is 2. The minimum atomic E-state index is -1.24. The number of rotatable bonds is 3. The third-order valence-electron chi connectivity index (χ3n) is 1.48. The van der Waals surface area contributed by atoms with Crippen LogP contribution in [0.2, 0.25) is 0 Å². The number of aliphatic carboxylic acids is 1. The molecule has 66 valence electrons. The summed E-state index contributed by atoms with van der Waals surface area (Å²) in [6.07, 6.45) is 3.08. The van der Waals surface area contributed by atoms with Crippen molar-refractivity contribution in [3.63, 3.8) is 0 Å². The van der Waals surface area contributed by atoms with E-state index in [1.165, 1.54) is 6.08 Å². The van der Waals surface area contributed by atoms with E-state index in [1.807, 2.05) is 0 Å². The quantitative estimate of drug-likeness (QED) is 0.489. The van der Waals surface area contributed by atoms with Crippen molar-refractivity contribution in [1.29, 1.82) is 0 Å². The molecule has 0 aliphatic rings. The summed E-state index contributed by atoms with van der Waals surface area (Å²) in [5.74, 6) is -1.24. The number of carboxylic acid groups (broad SMARTS) is 1. The van der Waals surface area contributed by atoms with Gasteiger partial charge >= 0.3 is 0 Å². The molecule has 0 heterocycles. The lowest BCUT2D eigenvalue weighted by Gasteiger charge is -1.94. The third kappa shape index (κ3) is 2.91. The lowest BCUT2D eigenvalue weighted by Crippen LogP contribution is -2.18. The Labute approximate surface area is 75.3 Å². The van der Waals surface area contributed by atoms with Crippen LogP contribution in [0.4, 0.5) is 0 Å². The topological polar surface area (TPSA) is 57.2 Å². The van der Waals surface area contributed by atoms with E-state index in [1.54, 1.807) is 24.3 Å². The fraction of sp³-hybridized carbons (Fsp3) is 0. The van der Waals surface area contributed by atoms with Crippen LogP contribution in [0.25, 0.3) is 6.08 Å². The molecule has 0 radical (unpaired) electrons. The lowest BCUT2D eigenvalue weighted by atomic mass is 10.1. The van der Waals surface area contributed by atoms with Crippen molar-refractivity contribution in [2.75, 3.05) is 0 Å². The zero-order valence-electron chi connectivity index (χ0n) is 6.77. The van der Waals surface area contributed by atoms with Crippen LogP contribution in [0, 0.1) is 0 Å². The highest BCUT2D eigenvalue weighted by Crippen LogP contribution is 2.03. The smallest absolute Gasteiger partial charge is 0.150 e. The van der Waals surface area contributed by atoms with Gasteiger partial charge in [0.1, 0.15) is 6.29 Å². The molecule has 13 heavy (non-hydrogen) atoms. The summed E-state index contributed by atoms with van der Waals surface area (Å²) in [6, 6.07) is 6.54. The second kappa shape index (κ2) is 4.21. The maximum Gasteiger partial charge on any atom is 0.150 e. The summed E-state index contributed by atoms with van der Waals surface area (Å²) in [4.78, 5) is 20.3. The molecule has 0 saturated carbocycles.